The lowest BCUT2D eigenvalue weighted by Crippen LogP contribution is -2.52. The summed E-state index contributed by atoms with van der Waals surface area (Å²) in [5.41, 5.74) is 1.24. The first-order valence-electron chi connectivity index (χ1n) is 8.75. The predicted octanol–water partition coefficient (Wildman–Crippen LogP) is 2.83. The van der Waals surface area contributed by atoms with Gasteiger partial charge in [0.05, 0.1) is 5.02 Å². The summed E-state index contributed by atoms with van der Waals surface area (Å²) in [5.74, 6) is 0. The van der Waals surface area contributed by atoms with E-state index in [9.17, 15) is 8.42 Å². The van der Waals surface area contributed by atoms with Crippen LogP contribution in [0.1, 0.15) is 6.92 Å². The van der Waals surface area contributed by atoms with Crippen LogP contribution in [0.25, 0.3) is 0 Å². The Morgan fingerprint density at radius 2 is 1.62 bits per heavy atom. The molecule has 0 aliphatic carbocycles. The largest absolute Gasteiger partial charge is 0.369 e. The number of piperazine rings is 1. The van der Waals surface area contributed by atoms with Crippen molar-refractivity contribution in [2.24, 2.45) is 0 Å². The summed E-state index contributed by atoms with van der Waals surface area (Å²) in [7, 11) is -3.60. The third-order valence-electron chi connectivity index (χ3n) is 4.75. The first kappa shape index (κ1) is 19.2. The van der Waals surface area contributed by atoms with Crippen molar-refractivity contribution in [2.45, 2.75) is 17.9 Å². The molecular weight excluding hydrogens is 370 g/mol. The number of sulfonamides is 1. The van der Waals surface area contributed by atoms with Gasteiger partial charge in [-0.15, -0.1) is 0 Å². The Morgan fingerprint density at radius 3 is 2.27 bits per heavy atom. The van der Waals surface area contributed by atoms with Crippen LogP contribution in [0.3, 0.4) is 0 Å². The maximum Gasteiger partial charge on any atom is 0.242 e. The second-order valence-corrected chi connectivity index (χ2v) is 8.63. The zero-order valence-electron chi connectivity index (χ0n) is 14.8. The molecule has 1 atom stereocenters. The van der Waals surface area contributed by atoms with Gasteiger partial charge in [-0.25, -0.2) is 13.1 Å². The van der Waals surface area contributed by atoms with Crippen LogP contribution in [0, 0.1) is 0 Å². The lowest BCUT2D eigenvalue weighted by Gasteiger charge is -2.39. The molecule has 26 heavy (non-hydrogen) atoms. The van der Waals surface area contributed by atoms with Gasteiger partial charge in [0.25, 0.3) is 0 Å². The van der Waals surface area contributed by atoms with E-state index in [1.807, 2.05) is 25.1 Å². The van der Waals surface area contributed by atoms with Crippen LogP contribution in [-0.2, 0) is 10.0 Å². The number of hydrogen-bond donors (Lipinski definition) is 1. The van der Waals surface area contributed by atoms with Crippen LogP contribution < -0.4 is 9.62 Å². The molecule has 0 aromatic heterocycles. The Hall–Kier alpha value is -1.60. The highest BCUT2D eigenvalue weighted by molar-refractivity contribution is 7.89. The van der Waals surface area contributed by atoms with Gasteiger partial charge in [0.2, 0.25) is 10.0 Å². The highest BCUT2D eigenvalue weighted by atomic mass is 35.5. The maximum absolute atomic E-state index is 12.5. The first-order valence-corrected chi connectivity index (χ1v) is 10.6. The molecule has 0 radical (unpaired) electrons. The van der Waals surface area contributed by atoms with E-state index in [0.29, 0.717) is 6.54 Å². The molecule has 2 aromatic rings. The number of para-hydroxylation sites is 1. The number of anilines is 1. The third kappa shape index (κ3) is 4.57. The average Bonchev–Trinajstić information content (AvgIpc) is 2.67. The number of rotatable bonds is 6. The summed E-state index contributed by atoms with van der Waals surface area (Å²) in [6.07, 6.45) is 0. The molecular formula is C19H24ClN3O2S. The molecule has 7 heteroatoms. The molecule has 5 nitrogen and oxygen atoms in total. The highest BCUT2D eigenvalue weighted by Gasteiger charge is 2.23. The van der Waals surface area contributed by atoms with Crippen molar-refractivity contribution in [2.75, 3.05) is 37.6 Å². The fraction of sp³-hybridized carbons (Fsp3) is 0.368. The van der Waals surface area contributed by atoms with Gasteiger partial charge in [0.1, 0.15) is 4.90 Å². The number of nitrogens with one attached hydrogen (secondary N) is 1. The molecule has 0 saturated carbocycles. The number of benzene rings is 2. The quantitative estimate of drug-likeness (QED) is 0.819. The Morgan fingerprint density at radius 1 is 1.00 bits per heavy atom. The molecule has 140 valence electrons. The molecule has 1 heterocycles. The van der Waals surface area contributed by atoms with Crippen molar-refractivity contribution >= 4 is 27.3 Å². The van der Waals surface area contributed by atoms with Crippen molar-refractivity contribution in [1.29, 1.82) is 0 Å². The summed E-state index contributed by atoms with van der Waals surface area (Å²) in [6.45, 7) is 6.09. The molecule has 1 fully saturated rings. The molecule has 1 saturated heterocycles. The van der Waals surface area contributed by atoms with Crippen molar-refractivity contribution in [3.8, 4) is 0 Å². The van der Waals surface area contributed by atoms with E-state index in [1.54, 1.807) is 18.2 Å². The summed E-state index contributed by atoms with van der Waals surface area (Å²) >= 11 is 6.01. The van der Waals surface area contributed by atoms with Crippen LogP contribution in [0.5, 0.6) is 0 Å². The molecule has 3 rings (SSSR count). The van der Waals surface area contributed by atoms with Crippen LogP contribution >= 0.6 is 11.6 Å². The van der Waals surface area contributed by atoms with Gasteiger partial charge in [0, 0.05) is 44.5 Å². The summed E-state index contributed by atoms with van der Waals surface area (Å²) < 4.78 is 27.6. The number of nitrogens with zero attached hydrogens (tertiary/aromatic N) is 2. The lowest BCUT2D eigenvalue weighted by atomic mass is 10.2. The lowest BCUT2D eigenvalue weighted by molar-refractivity contribution is 0.198. The second kappa shape index (κ2) is 8.39. The molecule has 1 aliphatic heterocycles. The van der Waals surface area contributed by atoms with Gasteiger partial charge in [-0.05, 0) is 31.2 Å². The molecule has 0 spiro atoms. The van der Waals surface area contributed by atoms with E-state index in [2.05, 4.69) is 26.7 Å². The Balaban J connectivity index is 1.53. The predicted molar refractivity (Wildman–Crippen MR) is 106 cm³/mol. The smallest absolute Gasteiger partial charge is 0.242 e. The fourth-order valence-corrected chi connectivity index (χ4v) is 4.80. The molecule has 1 N–H and O–H groups in total. The highest BCUT2D eigenvalue weighted by Crippen LogP contribution is 2.20. The Kier molecular flexibility index (Phi) is 6.19. The average molecular weight is 394 g/mol. The minimum Gasteiger partial charge on any atom is -0.369 e. The minimum absolute atomic E-state index is 0.116. The van der Waals surface area contributed by atoms with Gasteiger partial charge >= 0.3 is 0 Å². The van der Waals surface area contributed by atoms with Crippen LogP contribution in [0.2, 0.25) is 5.02 Å². The van der Waals surface area contributed by atoms with Crippen LogP contribution in [0.4, 0.5) is 5.69 Å². The van der Waals surface area contributed by atoms with E-state index >= 15 is 0 Å². The van der Waals surface area contributed by atoms with Gasteiger partial charge < -0.3 is 4.90 Å². The standard InChI is InChI=1S/C19H24ClN3O2S/c1-16(15-21-26(24,25)19-10-6-5-9-18(19)20)22-11-13-23(14-12-22)17-7-3-2-4-8-17/h2-10,16,21H,11-15H2,1H3. The fourth-order valence-electron chi connectivity index (χ4n) is 3.16. The van der Waals surface area contributed by atoms with Crippen LogP contribution in [-0.4, -0.2) is 52.1 Å². The SMILES string of the molecule is CC(CNS(=O)(=O)c1ccccc1Cl)N1CCN(c2ccccc2)CC1. The van der Waals surface area contributed by atoms with Gasteiger partial charge in [-0.2, -0.15) is 0 Å². The summed E-state index contributed by atoms with van der Waals surface area (Å²) in [5, 5.41) is 0.240. The summed E-state index contributed by atoms with van der Waals surface area (Å²) in [4.78, 5) is 4.80. The van der Waals surface area contributed by atoms with E-state index in [-0.39, 0.29) is 16.0 Å². The Bertz CT molecular complexity index is 822. The maximum atomic E-state index is 12.5. The van der Waals surface area contributed by atoms with Crippen molar-refractivity contribution < 1.29 is 8.42 Å². The summed E-state index contributed by atoms with van der Waals surface area (Å²) in [6, 6.07) is 17.0. The normalized spacial score (nSPS) is 17.2. The van der Waals surface area contributed by atoms with Gasteiger partial charge in [-0.3, -0.25) is 4.90 Å². The number of halogens is 1. The number of hydrogen-bond acceptors (Lipinski definition) is 4. The van der Waals surface area contributed by atoms with Gasteiger partial charge in [-0.1, -0.05) is 41.9 Å². The second-order valence-electron chi connectivity index (χ2n) is 6.49. The van der Waals surface area contributed by atoms with E-state index in [0.717, 1.165) is 26.2 Å². The molecule has 2 aromatic carbocycles. The molecule has 1 unspecified atom stereocenters. The van der Waals surface area contributed by atoms with Crippen molar-refractivity contribution in [3.63, 3.8) is 0 Å². The van der Waals surface area contributed by atoms with Crippen LogP contribution in [0.15, 0.2) is 59.5 Å². The monoisotopic (exact) mass is 393 g/mol. The third-order valence-corrected chi connectivity index (χ3v) is 6.68. The zero-order valence-corrected chi connectivity index (χ0v) is 16.4. The van der Waals surface area contributed by atoms with E-state index < -0.39 is 10.0 Å². The van der Waals surface area contributed by atoms with E-state index in [1.165, 1.54) is 11.8 Å². The van der Waals surface area contributed by atoms with Crippen molar-refractivity contribution in [3.05, 3.63) is 59.6 Å². The first-order chi connectivity index (χ1) is 12.5. The topological polar surface area (TPSA) is 52.7 Å². The van der Waals surface area contributed by atoms with Crippen molar-refractivity contribution in [1.82, 2.24) is 9.62 Å². The van der Waals surface area contributed by atoms with Gasteiger partial charge in [0.15, 0.2) is 0 Å². The molecule has 0 bridgehead atoms. The zero-order chi connectivity index (χ0) is 18.6. The van der Waals surface area contributed by atoms with E-state index in [4.69, 9.17) is 11.6 Å². The Labute approximate surface area is 160 Å². The molecule has 1 aliphatic rings. The minimum atomic E-state index is -3.60. The molecule has 0 amide bonds.